The molecule has 1 aliphatic heterocycles. The van der Waals surface area contributed by atoms with E-state index in [4.69, 9.17) is 4.52 Å². The van der Waals surface area contributed by atoms with Gasteiger partial charge in [-0.05, 0) is 23.6 Å². The zero-order valence-corrected chi connectivity index (χ0v) is 12.4. The molecule has 4 heterocycles. The van der Waals surface area contributed by atoms with Crippen LogP contribution in [0.1, 0.15) is 22.2 Å². The average Bonchev–Trinajstić information content (AvgIpc) is 3.17. The molecule has 22 heavy (non-hydrogen) atoms. The third kappa shape index (κ3) is 2.29. The van der Waals surface area contributed by atoms with E-state index in [0.717, 1.165) is 5.56 Å². The predicted molar refractivity (Wildman–Crippen MR) is 80.5 cm³/mol. The number of aromatic nitrogens is 3. The van der Waals surface area contributed by atoms with Crippen LogP contribution in [-0.4, -0.2) is 39.0 Å². The van der Waals surface area contributed by atoms with Gasteiger partial charge in [0.05, 0.1) is 5.92 Å². The van der Waals surface area contributed by atoms with Gasteiger partial charge in [-0.2, -0.15) is 16.3 Å². The van der Waals surface area contributed by atoms with E-state index in [9.17, 15) is 4.79 Å². The van der Waals surface area contributed by atoms with Crippen LogP contribution in [0.2, 0.25) is 0 Å². The summed E-state index contributed by atoms with van der Waals surface area (Å²) >= 11 is 1.59. The molecule has 1 amide bonds. The SMILES string of the molecule is O=C(c1ccncc1)N1CC(c2nc(-c3ccsc3)no2)C1. The first kappa shape index (κ1) is 13.1. The Balaban J connectivity index is 1.42. The van der Waals surface area contributed by atoms with Gasteiger partial charge in [0.2, 0.25) is 11.7 Å². The predicted octanol–water partition coefficient (Wildman–Crippen LogP) is 2.43. The van der Waals surface area contributed by atoms with Gasteiger partial charge in [0, 0.05) is 42.0 Å². The van der Waals surface area contributed by atoms with Crippen molar-refractivity contribution in [3.63, 3.8) is 0 Å². The summed E-state index contributed by atoms with van der Waals surface area (Å²) in [6.07, 6.45) is 3.24. The Morgan fingerprint density at radius 2 is 2.09 bits per heavy atom. The van der Waals surface area contributed by atoms with E-state index in [2.05, 4.69) is 15.1 Å². The molecule has 0 unspecified atom stereocenters. The van der Waals surface area contributed by atoms with Gasteiger partial charge < -0.3 is 9.42 Å². The highest BCUT2D eigenvalue weighted by atomic mass is 32.1. The van der Waals surface area contributed by atoms with Crippen LogP contribution >= 0.6 is 11.3 Å². The topological polar surface area (TPSA) is 72.1 Å². The molecule has 0 saturated carbocycles. The molecule has 1 saturated heterocycles. The summed E-state index contributed by atoms with van der Waals surface area (Å²) in [4.78, 5) is 22.3. The fraction of sp³-hybridized carbons (Fsp3) is 0.200. The molecule has 0 aromatic carbocycles. The van der Waals surface area contributed by atoms with Gasteiger partial charge in [-0.1, -0.05) is 5.16 Å². The van der Waals surface area contributed by atoms with Crippen molar-refractivity contribution in [1.82, 2.24) is 20.0 Å². The van der Waals surface area contributed by atoms with Gasteiger partial charge in [-0.3, -0.25) is 9.78 Å². The van der Waals surface area contributed by atoms with Crippen LogP contribution in [0, 0.1) is 0 Å². The maximum atomic E-state index is 12.2. The normalized spacial score (nSPS) is 14.8. The molecule has 0 N–H and O–H groups in total. The van der Waals surface area contributed by atoms with Crippen molar-refractivity contribution >= 4 is 17.2 Å². The number of likely N-dealkylation sites (tertiary alicyclic amines) is 1. The molecule has 7 heteroatoms. The smallest absolute Gasteiger partial charge is 0.254 e. The first-order valence-corrected chi connectivity index (χ1v) is 7.81. The van der Waals surface area contributed by atoms with Gasteiger partial charge >= 0.3 is 0 Å². The van der Waals surface area contributed by atoms with E-state index in [1.807, 2.05) is 16.8 Å². The van der Waals surface area contributed by atoms with E-state index < -0.39 is 0 Å². The van der Waals surface area contributed by atoms with E-state index in [-0.39, 0.29) is 11.8 Å². The zero-order chi connectivity index (χ0) is 14.9. The van der Waals surface area contributed by atoms with Gasteiger partial charge in [-0.15, -0.1) is 0 Å². The largest absolute Gasteiger partial charge is 0.339 e. The van der Waals surface area contributed by atoms with E-state index in [0.29, 0.717) is 30.4 Å². The summed E-state index contributed by atoms with van der Waals surface area (Å²) in [7, 11) is 0. The molecule has 0 spiro atoms. The summed E-state index contributed by atoms with van der Waals surface area (Å²) in [6.45, 7) is 1.21. The number of nitrogens with zero attached hydrogens (tertiary/aromatic N) is 4. The summed E-state index contributed by atoms with van der Waals surface area (Å²) in [5, 5.41) is 7.96. The van der Waals surface area contributed by atoms with Crippen molar-refractivity contribution in [2.45, 2.75) is 5.92 Å². The van der Waals surface area contributed by atoms with Crippen molar-refractivity contribution in [3.8, 4) is 11.4 Å². The monoisotopic (exact) mass is 312 g/mol. The lowest BCUT2D eigenvalue weighted by atomic mass is 9.99. The number of amides is 1. The Kier molecular flexibility index (Phi) is 3.19. The van der Waals surface area contributed by atoms with Crippen LogP contribution in [-0.2, 0) is 0 Å². The molecule has 4 rings (SSSR count). The van der Waals surface area contributed by atoms with Gasteiger partial charge in [-0.25, -0.2) is 0 Å². The molecule has 3 aromatic heterocycles. The summed E-state index contributed by atoms with van der Waals surface area (Å²) in [5.41, 5.74) is 1.61. The molecule has 6 nitrogen and oxygen atoms in total. The molecule has 0 radical (unpaired) electrons. The molecular weight excluding hydrogens is 300 g/mol. The second kappa shape index (κ2) is 5.34. The Morgan fingerprint density at radius 3 is 2.82 bits per heavy atom. The maximum Gasteiger partial charge on any atom is 0.254 e. The van der Waals surface area contributed by atoms with E-state index in [1.165, 1.54) is 0 Å². The molecule has 0 bridgehead atoms. The fourth-order valence-electron chi connectivity index (χ4n) is 2.39. The average molecular weight is 312 g/mol. The molecule has 3 aromatic rings. The van der Waals surface area contributed by atoms with Crippen LogP contribution in [0.3, 0.4) is 0 Å². The standard InChI is InChI=1S/C15H12N4O2S/c20-15(10-1-4-16-5-2-10)19-7-12(8-19)14-17-13(18-21-14)11-3-6-22-9-11/h1-6,9,12H,7-8H2. The van der Waals surface area contributed by atoms with Crippen LogP contribution < -0.4 is 0 Å². The first-order valence-electron chi connectivity index (χ1n) is 6.87. The lowest BCUT2D eigenvalue weighted by Crippen LogP contribution is -2.48. The summed E-state index contributed by atoms with van der Waals surface area (Å²) < 4.78 is 5.32. The van der Waals surface area contributed by atoms with Crippen molar-refractivity contribution in [1.29, 1.82) is 0 Å². The van der Waals surface area contributed by atoms with Crippen molar-refractivity contribution < 1.29 is 9.32 Å². The minimum atomic E-state index is 0.0104. The summed E-state index contributed by atoms with van der Waals surface area (Å²) in [5.74, 6) is 1.33. The highest BCUT2D eigenvalue weighted by Gasteiger charge is 2.36. The number of pyridine rings is 1. The van der Waals surface area contributed by atoms with Crippen molar-refractivity contribution in [3.05, 3.63) is 52.8 Å². The van der Waals surface area contributed by atoms with Gasteiger partial charge in [0.1, 0.15) is 0 Å². The molecular formula is C15H12N4O2S. The van der Waals surface area contributed by atoms with Crippen LogP contribution in [0.4, 0.5) is 0 Å². The van der Waals surface area contributed by atoms with Gasteiger partial charge in [0.25, 0.3) is 5.91 Å². The van der Waals surface area contributed by atoms with Crippen LogP contribution in [0.25, 0.3) is 11.4 Å². The van der Waals surface area contributed by atoms with Crippen molar-refractivity contribution in [2.75, 3.05) is 13.1 Å². The zero-order valence-electron chi connectivity index (χ0n) is 11.5. The van der Waals surface area contributed by atoms with E-state index in [1.54, 1.807) is 40.8 Å². The molecule has 0 atom stereocenters. The number of hydrogen-bond acceptors (Lipinski definition) is 6. The molecule has 110 valence electrons. The minimum Gasteiger partial charge on any atom is -0.339 e. The Morgan fingerprint density at radius 1 is 1.27 bits per heavy atom. The van der Waals surface area contributed by atoms with E-state index >= 15 is 0 Å². The fourth-order valence-corrected chi connectivity index (χ4v) is 3.02. The Labute approximate surface area is 130 Å². The second-order valence-corrected chi connectivity index (χ2v) is 5.89. The van der Waals surface area contributed by atoms with Gasteiger partial charge in [0.15, 0.2) is 0 Å². The number of rotatable bonds is 3. The summed E-state index contributed by atoms with van der Waals surface area (Å²) in [6, 6.07) is 5.40. The number of hydrogen-bond donors (Lipinski definition) is 0. The van der Waals surface area contributed by atoms with Crippen LogP contribution in [0.15, 0.2) is 45.9 Å². The maximum absolute atomic E-state index is 12.2. The minimum absolute atomic E-state index is 0.0104. The number of carbonyl (C=O) groups is 1. The first-order chi connectivity index (χ1) is 10.8. The Bertz CT molecular complexity index is 779. The highest BCUT2D eigenvalue weighted by Crippen LogP contribution is 2.29. The molecule has 1 aliphatic rings. The number of carbonyl (C=O) groups excluding carboxylic acids is 1. The lowest BCUT2D eigenvalue weighted by Gasteiger charge is -2.37. The Hall–Kier alpha value is -2.54. The quantitative estimate of drug-likeness (QED) is 0.742. The van der Waals surface area contributed by atoms with Crippen molar-refractivity contribution in [2.24, 2.45) is 0 Å². The third-order valence-corrected chi connectivity index (χ3v) is 4.35. The molecule has 1 fully saturated rings. The number of thiophene rings is 1. The second-order valence-electron chi connectivity index (χ2n) is 5.11. The molecule has 0 aliphatic carbocycles. The highest BCUT2D eigenvalue weighted by molar-refractivity contribution is 7.08. The lowest BCUT2D eigenvalue weighted by molar-refractivity contribution is 0.0569. The van der Waals surface area contributed by atoms with Crippen LogP contribution in [0.5, 0.6) is 0 Å². The third-order valence-electron chi connectivity index (χ3n) is 3.67.